The van der Waals surface area contributed by atoms with Crippen molar-refractivity contribution in [1.82, 2.24) is 9.97 Å². The summed E-state index contributed by atoms with van der Waals surface area (Å²) in [4.78, 5) is 21.4. The van der Waals surface area contributed by atoms with Crippen LogP contribution >= 0.6 is 23.4 Å². The van der Waals surface area contributed by atoms with Crippen LogP contribution in [0.1, 0.15) is 6.42 Å². The summed E-state index contributed by atoms with van der Waals surface area (Å²) in [5.41, 5.74) is 5.72. The number of halogens is 1. The van der Waals surface area contributed by atoms with Crippen molar-refractivity contribution in [2.24, 2.45) is 5.73 Å². The molecule has 2 rings (SSSR count). The van der Waals surface area contributed by atoms with Crippen molar-refractivity contribution in [1.29, 1.82) is 0 Å². The second-order valence-electron chi connectivity index (χ2n) is 3.50. The van der Waals surface area contributed by atoms with Crippen LogP contribution in [0.25, 0.3) is 0 Å². The van der Waals surface area contributed by atoms with E-state index in [1.165, 1.54) is 11.8 Å². The highest BCUT2D eigenvalue weighted by Gasteiger charge is 2.29. The molecule has 1 amide bonds. The molecule has 7 heteroatoms. The number of hydrogen-bond acceptors (Lipinski definition) is 5. The second-order valence-corrected chi connectivity index (χ2v) is 4.66. The van der Waals surface area contributed by atoms with Gasteiger partial charge in [0.25, 0.3) is 0 Å². The van der Waals surface area contributed by atoms with Gasteiger partial charge in [0.2, 0.25) is 5.91 Å². The number of thioether (sulfide) groups is 1. The smallest absolute Gasteiger partial charge is 0.229 e. The molecule has 16 heavy (non-hydrogen) atoms. The van der Waals surface area contributed by atoms with Crippen molar-refractivity contribution in [2.45, 2.75) is 17.6 Å². The van der Waals surface area contributed by atoms with Gasteiger partial charge in [-0.05, 0) is 6.26 Å². The van der Waals surface area contributed by atoms with Gasteiger partial charge in [-0.15, -0.1) is 0 Å². The van der Waals surface area contributed by atoms with E-state index in [1.54, 1.807) is 11.0 Å². The highest BCUT2D eigenvalue weighted by Crippen LogP contribution is 2.23. The van der Waals surface area contributed by atoms with Crippen LogP contribution in [0.5, 0.6) is 0 Å². The van der Waals surface area contributed by atoms with Crippen LogP contribution < -0.4 is 10.6 Å². The average Bonchev–Trinajstić information content (AvgIpc) is 2.57. The molecule has 86 valence electrons. The SMILES string of the molecule is CSc1nc(Cl)cc(N2CC(N)CC2=O)n1. The molecule has 0 saturated carbocycles. The molecular formula is C9H11ClN4OS. The van der Waals surface area contributed by atoms with Gasteiger partial charge in [0, 0.05) is 25.1 Å². The van der Waals surface area contributed by atoms with Gasteiger partial charge in [-0.3, -0.25) is 9.69 Å². The molecule has 0 radical (unpaired) electrons. The molecule has 1 fully saturated rings. The van der Waals surface area contributed by atoms with E-state index in [9.17, 15) is 4.79 Å². The van der Waals surface area contributed by atoms with E-state index in [1.807, 2.05) is 6.26 Å². The van der Waals surface area contributed by atoms with Gasteiger partial charge in [0.1, 0.15) is 11.0 Å². The maximum Gasteiger partial charge on any atom is 0.229 e. The summed E-state index contributed by atoms with van der Waals surface area (Å²) in [6.45, 7) is 0.486. The molecule has 1 saturated heterocycles. The van der Waals surface area contributed by atoms with E-state index < -0.39 is 0 Å². The quantitative estimate of drug-likeness (QED) is 0.485. The Morgan fingerprint density at radius 3 is 2.94 bits per heavy atom. The van der Waals surface area contributed by atoms with Crippen LogP contribution in [0.3, 0.4) is 0 Å². The molecule has 1 atom stereocenters. The van der Waals surface area contributed by atoms with Gasteiger partial charge in [-0.25, -0.2) is 9.97 Å². The fourth-order valence-corrected chi connectivity index (χ4v) is 2.17. The van der Waals surface area contributed by atoms with Crippen molar-refractivity contribution in [2.75, 3.05) is 17.7 Å². The standard InChI is InChI=1S/C9H11ClN4OS/c1-16-9-12-6(10)3-7(13-9)14-4-5(11)2-8(14)15/h3,5H,2,4,11H2,1H3. The van der Waals surface area contributed by atoms with Crippen molar-refractivity contribution in [3.8, 4) is 0 Å². The Kier molecular flexibility index (Phi) is 3.32. The molecular weight excluding hydrogens is 248 g/mol. The molecule has 0 spiro atoms. The van der Waals surface area contributed by atoms with Gasteiger partial charge >= 0.3 is 0 Å². The number of rotatable bonds is 2. The normalized spacial score (nSPS) is 20.6. The third-order valence-corrected chi connectivity index (χ3v) is 3.02. The second kappa shape index (κ2) is 4.57. The first-order valence-corrected chi connectivity index (χ1v) is 6.35. The van der Waals surface area contributed by atoms with Gasteiger partial charge in [0.15, 0.2) is 5.16 Å². The fraction of sp³-hybridized carbons (Fsp3) is 0.444. The molecule has 2 N–H and O–H groups in total. The van der Waals surface area contributed by atoms with E-state index in [0.29, 0.717) is 29.1 Å². The summed E-state index contributed by atoms with van der Waals surface area (Å²) < 4.78 is 0. The molecule has 0 aliphatic carbocycles. The lowest BCUT2D eigenvalue weighted by molar-refractivity contribution is -0.117. The first kappa shape index (κ1) is 11.6. The first-order valence-electron chi connectivity index (χ1n) is 4.74. The Morgan fingerprint density at radius 2 is 2.38 bits per heavy atom. The lowest BCUT2D eigenvalue weighted by atomic mass is 10.3. The summed E-state index contributed by atoms with van der Waals surface area (Å²) in [5.74, 6) is 0.511. The molecule has 0 bridgehead atoms. The topological polar surface area (TPSA) is 72.1 Å². The third-order valence-electron chi connectivity index (χ3n) is 2.27. The minimum Gasteiger partial charge on any atom is -0.326 e. The minimum atomic E-state index is -0.126. The zero-order valence-electron chi connectivity index (χ0n) is 8.68. The zero-order valence-corrected chi connectivity index (χ0v) is 10.3. The molecule has 1 aliphatic rings. The molecule has 2 heterocycles. The maximum absolute atomic E-state index is 11.6. The van der Waals surface area contributed by atoms with Crippen LogP contribution in [0.2, 0.25) is 5.15 Å². The molecule has 5 nitrogen and oxygen atoms in total. The van der Waals surface area contributed by atoms with Crippen LogP contribution in [-0.4, -0.2) is 34.7 Å². The van der Waals surface area contributed by atoms with Crippen LogP contribution in [-0.2, 0) is 4.79 Å². The summed E-state index contributed by atoms with van der Waals surface area (Å²) >= 11 is 7.24. The van der Waals surface area contributed by atoms with Gasteiger partial charge < -0.3 is 5.73 Å². The van der Waals surface area contributed by atoms with Crippen molar-refractivity contribution in [3.05, 3.63) is 11.2 Å². The molecule has 1 aromatic heterocycles. The number of anilines is 1. The Labute approximate surface area is 102 Å². The van der Waals surface area contributed by atoms with Crippen molar-refractivity contribution >= 4 is 35.1 Å². The Balaban J connectivity index is 2.33. The fourth-order valence-electron chi connectivity index (χ4n) is 1.57. The number of nitrogens with zero attached hydrogens (tertiary/aromatic N) is 3. The number of aromatic nitrogens is 2. The first-order chi connectivity index (χ1) is 7.60. The maximum atomic E-state index is 11.6. The number of nitrogens with two attached hydrogens (primary N) is 1. The summed E-state index contributed by atoms with van der Waals surface area (Å²) in [5, 5.41) is 0.887. The lowest BCUT2D eigenvalue weighted by Gasteiger charge is -2.15. The number of carbonyl (C=O) groups excluding carboxylic acids is 1. The van der Waals surface area contributed by atoms with E-state index in [-0.39, 0.29) is 11.9 Å². The van der Waals surface area contributed by atoms with Crippen LogP contribution in [0.15, 0.2) is 11.2 Å². The summed E-state index contributed by atoms with van der Waals surface area (Å²) in [7, 11) is 0. The van der Waals surface area contributed by atoms with Gasteiger partial charge in [-0.2, -0.15) is 0 Å². The van der Waals surface area contributed by atoms with Gasteiger partial charge in [0.05, 0.1) is 0 Å². The Morgan fingerprint density at radius 1 is 1.62 bits per heavy atom. The predicted molar refractivity (Wildman–Crippen MR) is 63.8 cm³/mol. The minimum absolute atomic E-state index is 0.0191. The van der Waals surface area contributed by atoms with Crippen LogP contribution in [0, 0.1) is 0 Å². The zero-order chi connectivity index (χ0) is 11.7. The Hall–Kier alpha value is -0.850. The monoisotopic (exact) mass is 258 g/mol. The summed E-state index contributed by atoms with van der Waals surface area (Å²) in [6.07, 6.45) is 2.21. The van der Waals surface area contributed by atoms with Crippen molar-refractivity contribution in [3.63, 3.8) is 0 Å². The van der Waals surface area contributed by atoms with Crippen molar-refractivity contribution < 1.29 is 4.79 Å². The number of hydrogen-bond donors (Lipinski definition) is 1. The highest BCUT2D eigenvalue weighted by atomic mass is 35.5. The molecule has 0 aromatic carbocycles. The largest absolute Gasteiger partial charge is 0.326 e. The predicted octanol–water partition coefficient (Wildman–Crippen LogP) is 0.916. The van der Waals surface area contributed by atoms with Gasteiger partial charge in [-0.1, -0.05) is 23.4 Å². The average molecular weight is 259 g/mol. The highest BCUT2D eigenvalue weighted by molar-refractivity contribution is 7.98. The lowest BCUT2D eigenvalue weighted by Crippen LogP contribution is -2.28. The summed E-state index contributed by atoms with van der Waals surface area (Å²) in [6, 6.07) is 1.45. The van der Waals surface area contributed by atoms with E-state index in [2.05, 4.69) is 9.97 Å². The third kappa shape index (κ3) is 2.28. The molecule has 1 aromatic rings. The van der Waals surface area contributed by atoms with E-state index >= 15 is 0 Å². The number of carbonyl (C=O) groups is 1. The Bertz CT molecular complexity index is 428. The van der Waals surface area contributed by atoms with E-state index in [4.69, 9.17) is 17.3 Å². The van der Waals surface area contributed by atoms with E-state index in [0.717, 1.165) is 0 Å². The molecule has 1 aliphatic heterocycles. The van der Waals surface area contributed by atoms with Crippen LogP contribution in [0.4, 0.5) is 5.82 Å². The number of amides is 1. The molecule has 1 unspecified atom stereocenters.